The fourth-order valence-electron chi connectivity index (χ4n) is 1.78. The third-order valence-corrected chi connectivity index (χ3v) is 3.57. The van der Waals surface area contributed by atoms with Gasteiger partial charge in [0.1, 0.15) is 0 Å². The molecule has 0 spiro atoms. The monoisotopic (exact) mass is 367 g/mol. The number of fused-ring (bicyclic) bond motifs is 1. The van der Waals surface area contributed by atoms with Gasteiger partial charge in [-0.05, 0) is 40.2 Å². The van der Waals surface area contributed by atoms with Crippen LogP contribution in [0.2, 0.25) is 5.15 Å². The zero-order valence-electron chi connectivity index (χ0n) is 10.3. The summed E-state index contributed by atoms with van der Waals surface area (Å²) in [5, 5.41) is 10.2. The van der Waals surface area contributed by atoms with Crippen LogP contribution < -0.4 is 11.0 Å². The molecular formula is C12H7BrClN5O2. The predicted octanol–water partition coefficient (Wildman–Crippen LogP) is 2.31. The lowest BCUT2D eigenvalue weighted by Gasteiger charge is -2.06. The van der Waals surface area contributed by atoms with Gasteiger partial charge in [0.15, 0.2) is 10.8 Å². The van der Waals surface area contributed by atoms with Crippen molar-refractivity contribution >= 4 is 50.2 Å². The summed E-state index contributed by atoms with van der Waals surface area (Å²) < 4.78 is 0.625. The molecule has 7 nitrogen and oxygen atoms in total. The Morgan fingerprint density at radius 1 is 1.19 bits per heavy atom. The van der Waals surface area contributed by atoms with Gasteiger partial charge in [0.25, 0.3) is 5.91 Å². The molecule has 0 fully saturated rings. The first kappa shape index (κ1) is 13.8. The molecule has 0 aliphatic heterocycles. The van der Waals surface area contributed by atoms with Crippen LogP contribution >= 0.6 is 27.5 Å². The van der Waals surface area contributed by atoms with Gasteiger partial charge >= 0.3 is 5.69 Å². The SMILES string of the molecule is O=C(Nc1cc2[nH]c(=O)[nH]c2cc1Br)c1ccc(Cl)nn1. The van der Waals surface area contributed by atoms with Crippen molar-refractivity contribution in [2.45, 2.75) is 0 Å². The fraction of sp³-hybridized carbons (Fsp3) is 0. The molecular weight excluding hydrogens is 362 g/mol. The highest BCUT2D eigenvalue weighted by Crippen LogP contribution is 2.26. The topological polar surface area (TPSA) is 104 Å². The first-order chi connectivity index (χ1) is 10.0. The minimum Gasteiger partial charge on any atom is -0.319 e. The number of imidazole rings is 1. The number of carbonyl (C=O) groups excluding carboxylic acids is 1. The van der Waals surface area contributed by atoms with Crippen LogP contribution in [-0.4, -0.2) is 26.1 Å². The summed E-state index contributed by atoms with van der Waals surface area (Å²) in [6.07, 6.45) is 0. The Balaban J connectivity index is 1.93. The van der Waals surface area contributed by atoms with Crippen molar-refractivity contribution in [2.75, 3.05) is 5.32 Å². The normalized spacial score (nSPS) is 10.8. The van der Waals surface area contributed by atoms with Crippen molar-refractivity contribution < 1.29 is 4.79 Å². The van der Waals surface area contributed by atoms with E-state index in [1.807, 2.05) is 0 Å². The molecule has 3 rings (SSSR count). The molecule has 3 aromatic rings. The van der Waals surface area contributed by atoms with E-state index in [0.29, 0.717) is 21.2 Å². The second-order valence-electron chi connectivity index (χ2n) is 4.15. The van der Waals surface area contributed by atoms with Crippen molar-refractivity contribution in [2.24, 2.45) is 0 Å². The highest BCUT2D eigenvalue weighted by atomic mass is 79.9. The highest BCUT2D eigenvalue weighted by molar-refractivity contribution is 9.10. The molecule has 21 heavy (non-hydrogen) atoms. The van der Waals surface area contributed by atoms with Gasteiger partial charge in [-0.1, -0.05) is 11.6 Å². The van der Waals surface area contributed by atoms with Crippen molar-refractivity contribution in [3.05, 3.63) is 50.1 Å². The number of amides is 1. The molecule has 0 atom stereocenters. The van der Waals surface area contributed by atoms with Gasteiger partial charge in [-0.15, -0.1) is 10.2 Å². The van der Waals surface area contributed by atoms with Gasteiger partial charge < -0.3 is 15.3 Å². The lowest BCUT2D eigenvalue weighted by Crippen LogP contribution is -2.14. The molecule has 0 saturated heterocycles. The molecule has 0 unspecified atom stereocenters. The van der Waals surface area contributed by atoms with E-state index in [1.165, 1.54) is 12.1 Å². The molecule has 9 heteroatoms. The summed E-state index contributed by atoms with van der Waals surface area (Å²) in [5.41, 5.74) is 1.54. The van der Waals surface area contributed by atoms with Crippen molar-refractivity contribution in [3.8, 4) is 0 Å². The Morgan fingerprint density at radius 2 is 1.90 bits per heavy atom. The zero-order chi connectivity index (χ0) is 15.0. The van der Waals surface area contributed by atoms with Crippen LogP contribution in [0.5, 0.6) is 0 Å². The van der Waals surface area contributed by atoms with Crippen LogP contribution in [0.15, 0.2) is 33.5 Å². The smallest absolute Gasteiger partial charge is 0.319 e. The molecule has 2 heterocycles. The van der Waals surface area contributed by atoms with Gasteiger partial charge in [-0.3, -0.25) is 4.79 Å². The van der Waals surface area contributed by atoms with E-state index >= 15 is 0 Å². The van der Waals surface area contributed by atoms with Gasteiger partial charge in [-0.2, -0.15) is 0 Å². The molecule has 3 N–H and O–H groups in total. The molecule has 0 aliphatic carbocycles. The number of aromatic nitrogens is 4. The number of carbonyl (C=O) groups is 1. The number of hydrogen-bond donors (Lipinski definition) is 3. The number of nitrogens with zero attached hydrogens (tertiary/aromatic N) is 2. The van der Waals surface area contributed by atoms with E-state index in [9.17, 15) is 9.59 Å². The lowest BCUT2D eigenvalue weighted by atomic mass is 10.2. The van der Waals surface area contributed by atoms with Gasteiger partial charge in [-0.25, -0.2) is 4.79 Å². The highest BCUT2D eigenvalue weighted by Gasteiger charge is 2.12. The summed E-state index contributed by atoms with van der Waals surface area (Å²) in [7, 11) is 0. The van der Waals surface area contributed by atoms with Crippen LogP contribution in [0.3, 0.4) is 0 Å². The number of halogens is 2. The Hall–Kier alpha value is -2.19. The quantitative estimate of drug-likeness (QED) is 0.645. The molecule has 2 aromatic heterocycles. The molecule has 106 valence electrons. The number of benzene rings is 1. The predicted molar refractivity (Wildman–Crippen MR) is 81.6 cm³/mol. The van der Waals surface area contributed by atoms with Crippen molar-refractivity contribution in [1.29, 1.82) is 0 Å². The number of aromatic amines is 2. The Kier molecular flexibility index (Phi) is 3.48. The largest absolute Gasteiger partial charge is 0.323 e. The number of nitrogens with one attached hydrogen (secondary N) is 3. The summed E-state index contributed by atoms with van der Waals surface area (Å²) in [6.45, 7) is 0. The maximum Gasteiger partial charge on any atom is 0.323 e. The second-order valence-corrected chi connectivity index (χ2v) is 5.39. The van der Waals surface area contributed by atoms with Crippen LogP contribution in [-0.2, 0) is 0 Å². The van der Waals surface area contributed by atoms with Crippen molar-refractivity contribution in [3.63, 3.8) is 0 Å². The maximum absolute atomic E-state index is 12.1. The van der Waals surface area contributed by atoms with E-state index in [2.05, 4.69) is 41.4 Å². The van der Waals surface area contributed by atoms with Crippen molar-refractivity contribution in [1.82, 2.24) is 20.2 Å². The Morgan fingerprint density at radius 3 is 2.57 bits per heavy atom. The zero-order valence-corrected chi connectivity index (χ0v) is 12.6. The maximum atomic E-state index is 12.1. The number of rotatable bonds is 2. The summed E-state index contributed by atoms with van der Waals surface area (Å²) >= 11 is 8.95. The van der Waals surface area contributed by atoms with Crippen LogP contribution in [0, 0.1) is 0 Å². The van der Waals surface area contributed by atoms with Gasteiger partial charge in [0.2, 0.25) is 0 Å². The minimum absolute atomic E-state index is 0.133. The third-order valence-electron chi connectivity index (χ3n) is 2.72. The van der Waals surface area contributed by atoms with Gasteiger partial charge in [0, 0.05) is 4.47 Å². The summed E-state index contributed by atoms with van der Waals surface area (Å²) in [5.74, 6) is -0.433. The van der Waals surface area contributed by atoms with E-state index in [1.54, 1.807) is 12.1 Å². The molecule has 0 saturated carbocycles. The molecule has 1 amide bonds. The Bertz CT molecular complexity index is 887. The number of hydrogen-bond acceptors (Lipinski definition) is 4. The standard InChI is InChI=1S/C12H7BrClN5O2/c13-5-3-8-9(17-12(21)16-8)4-7(5)15-11(20)6-1-2-10(14)19-18-6/h1-4H,(H,15,20)(H2,16,17,21). The molecule has 0 radical (unpaired) electrons. The van der Waals surface area contributed by atoms with E-state index in [0.717, 1.165) is 0 Å². The van der Waals surface area contributed by atoms with Crippen LogP contribution in [0.25, 0.3) is 11.0 Å². The molecule has 1 aromatic carbocycles. The van der Waals surface area contributed by atoms with Crippen LogP contribution in [0.4, 0.5) is 5.69 Å². The summed E-state index contributed by atoms with van der Waals surface area (Å²) in [4.78, 5) is 28.5. The average Bonchev–Trinajstić information content (AvgIpc) is 2.79. The minimum atomic E-state index is -0.433. The van der Waals surface area contributed by atoms with E-state index < -0.39 is 5.91 Å². The van der Waals surface area contributed by atoms with E-state index in [4.69, 9.17) is 11.6 Å². The molecule has 0 aliphatic rings. The Labute approximate surface area is 130 Å². The first-order valence-corrected chi connectivity index (χ1v) is 6.92. The van der Waals surface area contributed by atoms with Gasteiger partial charge in [0.05, 0.1) is 16.7 Å². The molecule has 0 bridgehead atoms. The van der Waals surface area contributed by atoms with E-state index in [-0.39, 0.29) is 16.5 Å². The average molecular weight is 369 g/mol. The lowest BCUT2D eigenvalue weighted by molar-refractivity contribution is 0.102. The van der Waals surface area contributed by atoms with Crippen LogP contribution in [0.1, 0.15) is 10.5 Å². The number of H-pyrrole nitrogens is 2. The first-order valence-electron chi connectivity index (χ1n) is 5.75. The number of anilines is 1. The fourth-order valence-corrected chi connectivity index (χ4v) is 2.32. The third kappa shape index (κ3) is 2.81. The second kappa shape index (κ2) is 5.30. The summed E-state index contributed by atoms with van der Waals surface area (Å²) in [6, 6.07) is 6.27.